The van der Waals surface area contributed by atoms with Crippen molar-refractivity contribution in [2.24, 2.45) is 5.10 Å². The van der Waals surface area contributed by atoms with E-state index in [1.165, 1.54) is 43.1 Å². The number of H-pyrrole nitrogens is 1. The van der Waals surface area contributed by atoms with Crippen LogP contribution in [-0.2, 0) is 0 Å². The molecule has 0 aliphatic rings. The summed E-state index contributed by atoms with van der Waals surface area (Å²) in [6.45, 7) is 2.93. The van der Waals surface area contributed by atoms with E-state index in [1.807, 2.05) is 42.5 Å². The number of benzene rings is 2. The molecule has 0 unspecified atom stereocenters. The molecule has 4 aromatic rings. The first kappa shape index (κ1) is 22.6. The molecule has 2 heterocycles. The molecule has 0 fully saturated rings. The van der Waals surface area contributed by atoms with Crippen molar-refractivity contribution in [1.29, 1.82) is 0 Å². The van der Waals surface area contributed by atoms with Crippen molar-refractivity contribution in [1.82, 2.24) is 14.6 Å². The highest BCUT2D eigenvalue weighted by Gasteiger charge is 2.11. The van der Waals surface area contributed by atoms with E-state index in [4.69, 9.17) is 9.47 Å². The molecule has 0 saturated heterocycles. The van der Waals surface area contributed by atoms with E-state index >= 15 is 0 Å². The predicted octanol–water partition coefficient (Wildman–Crippen LogP) is 5.51. The van der Waals surface area contributed by atoms with Gasteiger partial charge in [0.15, 0.2) is 0 Å². The second kappa shape index (κ2) is 10.8. The number of nitrogens with one attached hydrogen (secondary N) is 1. The Labute approximate surface area is 193 Å². The van der Waals surface area contributed by atoms with Crippen LogP contribution in [0.25, 0.3) is 21.9 Å². The number of nitrogens with zero attached hydrogens (tertiary/aromatic N) is 3. The third-order valence-corrected chi connectivity index (χ3v) is 5.65. The number of rotatable bonds is 11. The van der Waals surface area contributed by atoms with Crippen LogP contribution in [0.15, 0.2) is 58.7 Å². The van der Waals surface area contributed by atoms with Gasteiger partial charge in [0, 0.05) is 11.5 Å². The van der Waals surface area contributed by atoms with E-state index < -0.39 is 0 Å². The van der Waals surface area contributed by atoms with Gasteiger partial charge in [0.25, 0.3) is 5.56 Å². The minimum Gasteiger partial charge on any atom is -0.497 e. The summed E-state index contributed by atoms with van der Waals surface area (Å²) < 4.78 is 12.4. The van der Waals surface area contributed by atoms with Crippen LogP contribution < -0.4 is 15.0 Å². The maximum absolute atomic E-state index is 12.9. The van der Waals surface area contributed by atoms with Crippen molar-refractivity contribution >= 4 is 28.2 Å². The highest BCUT2D eigenvalue weighted by molar-refractivity contribution is 6.04. The Morgan fingerprint density at radius 2 is 1.91 bits per heavy atom. The highest BCUT2D eigenvalue weighted by Crippen LogP contribution is 2.25. The summed E-state index contributed by atoms with van der Waals surface area (Å²) in [7, 11) is 1.61. The lowest BCUT2D eigenvalue weighted by Gasteiger charge is -2.06. The molecule has 7 nitrogen and oxygen atoms in total. The molecule has 0 atom stereocenters. The van der Waals surface area contributed by atoms with Gasteiger partial charge in [0.2, 0.25) is 0 Å². The zero-order chi connectivity index (χ0) is 23.0. The lowest BCUT2D eigenvalue weighted by Crippen LogP contribution is -2.17. The minimum absolute atomic E-state index is 0.262. The number of aromatic nitrogens is 3. The standard InChI is InChI=1S/C26H30N4O3/c1-3-4-5-6-7-8-14-33-21-11-9-10-19(15-21)17-28-30-18-27-24-22-13-12-20(32-2)16-23(22)29-25(24)26(30)31/h9-13,15-18,29H,3-8,14H2,1-2H3/b28-17-. The summed E-state index contributed by atoms with van der Waals surface area (Å²) in [4.78, 5) is 20.5. The molecule has 0 bridgehead atoms. The fourth-order valence-electron chi connectivity index (χ4n) is 3.83. The second-order valence-electron chi connectivity index (χ2n) is 8.09. The molecule has 0 aliphatic carbocycles. The van der Waals surface area contributed by atoms with Crippen molar-refractivity contribution < 1.29 is 9.47 Å². The lowest BCUT2D eigenvalue weighted by molar-refractivity contribution is 0.304. The molecule has 172 valence electrons. The van der Waals surface area contributed by atoms with Crippen LogP contribution in [-0.4, -0.2) is 34.6 Å². The van der Waals surface area contributed by atoms with Gasteiger partial charge in [-0.15, -0.1) is 0 Å². The number of unbranched alkanes of at least 4 members (excludes halogenated alkanes) is 5. The fourth-order valence-corrected chi connectivity index (χ4v) is 3.83. The molecular formula is C26H30N4O3. The Morgan fingerprint density at radius 3 is 2.76 bits per heavy atom. The van der Waals surface area contributed by atoms with Crippen molar-refractivity contribution in [3.8, 4) is 11.5 Å². The van der Waals surface area contributed by atoms with Crippen LogP contribution in [0, 0.1) is 0 Å². The van der Waals surface area contributed by atoms with Gasteiger partial charge >= 0.3 is 0 Å². The zero-order valence-corrected chi connectivity index (χ0v) is 19.2. The van der Waals surface area contributed by atoms with Gasteiger partial charge in [0.05, 0.1) is 25.4 Å². The average Bonchev–Trinajstić information content (AvgIpc) is 3.22. The molecule has 2 aromatic heterocycles. The molecule has 1 N–H and O–H groups in total. The SMILES string of the molecule is CCCCCCCCOc1cccc(/C=N\n2cnc3c([nH]c4cc(OC)ccc43)c2=O)c1. The molecule has 0 aliphatic heterocycles. The van der Waals surface area contributed by atoms with Gasteiger partial charge in [-0.05, 0) is 36.2 Å². The molecule has 33 heavy (non-hydrogen) atoms. The van der Waals surface area contributed by atoms with Crippen molar-refractivity contribution in [2.75, 3.05) is 13.7 Å². The monoisotopic (exact) mass is 446 g/mol. The number of methoxy groups -OCH3 is 1. The molecule has 0 amide bonds. The van der Waals surface area contributed by atoms with Crippen LogP contribution in [0.1, 0.15) is 51.0 Å². The molecule has 0 saturated carbocycles. The van der Waals surface area contributed by atoms with Crippen molar-refractivity contribution in [3.63, 3.8) is 0 Å². The molecular weight excluding hydrogens is 416 g/mol. The van der Waals surface area contributed by atoms with Crippen LogP contribution >= 0.6 is 0 Å². The first-order chi connectivity index (χ1) is 16.2. The van der Waals surface area contributed by atoms with Crippen molar-refractivity contribution in [3.05, 3.63) is 64.7 Å². The zero-order valence-electron chi connectivity index (χ0n) is 19.2. The Balaban J connectivity index is 1.44. The van der Waals surface area contributed by atoms with Crippen LogP contribution in [0.2, 0.25) is 0 Å². The average molecular weight is 447 g/mol. The van der Waals surface area contributed by atoms with Gasteiger partial charge in [-0.3, -0.25) is 4.79 Å². The van der Waals surface area contributed by atoms with Crippen LogP contribution in [0.3, 0.4) is 0 Å². The summed E-state index contributed by atoms with van der Waals surface area (Å²) in [5.41, 5.74) is 2.42. The van der Waals surface area contributed by atoms with Gasteiger partial charge < -0.3 is 14.5 Å². The molecule has 0 spiro atoms. The second-order valence-corrected chi connectivity index (χ2v) is 8.09. The Morgan fingerprint density at radius 1 is 1.06 bits per heavy atom. The molecule has 4 rings (SSSR count). The fraction of sp³-hybridized carbons (Fsp3) is 0.346. The number of hydrogen-bond acceptors (Lipinski definition) is 5. The van der Waals surface area contributed by atoms with Crippen LogP contribution in [0.4, 0.5) is 0 Å². The Kier molecular flexibility index (Phi) is 7.40. The predicted molar refractivity (Wildman–Crippen MR) is 133 cm³/mol. The van der Waals surface area contributed by atoms with Gasteiger partial charge in [-0.2, -0.15) is 9.78 Å². The maximum atomic E-state index is 12.9. The normalized spacial score (nSPS) is 11.6. The number of hydrogen-bond donors (Lipinski definition) is 1. The van der Waals surface area contributed by atoms with E-state index in [-0.39, 0.29) is 5.56 Å². The Hall–Kier alpha value is -3.61. The van der Waals surface area contributed by atoms with E-state index in [1.54, 1.807) is 13.3 Å². The number of aromatic amines is 1. The highest BCUT2D eigenvalue weighted by atomic mass is 16.5. The van der Waals surface area contributed by atoms with E-state index in [0.717, 1.165) is 28.6 Å². The minimum atomic E-state index is -0.262. The summed E-state index contributed by atoms with van der Waals surface area (Å²) in [5.74, 6) is 1.52. The molecule has 0 radical (unpaired) electrons. The van der Waals surface area contributed by atoms with Gasteiger partial charge in [-0.1, -0.05) is 51.2 Å². The summed E-state index contributed by atoms with van der Waals surface area (Å²) >= 11 is 0. The van der Waals surface area contributed by atoms with Gasteiger partial charge in [-0.25, -0.2) is 4.98 Å². The first-order valence-corrected chi connectivity index (χ1v) is 11.5. The third-order valence-electron chi connectivity index (χ3n) is 5.65. The van der Waals surface area contributed by atoms with E-state index in [2.05, 4.69) is 22.0 Å². The number of ether oxygens (including phenoxy) is 2. The van der Waals surface area contributed by atoms with Gasteiger partial charge in [0.1, 0.15) is 28.9 Å². The summed E-state index contributed by atoms with van der Waals surface area (Å²) in [5, 5.41) is 5.20. The largest absolute Gasteiger partial charge is 0.497 e. The third kappa shape index (κ3) is 5.42. The lowest BCUT2D eigenvalue weighted by atomic mass is 10.1. The number of fused-ring (bicyclic) bond motifs is 3. The summed E-state index contributed by atoms with van der Waals surface area (Å²) in [6, 6.07) is 13.3. The first-order valence-electron chi connectivity index (χ1n) is 11.5. The van der Waals surface area contributed by atoms with Crippen LogP contribution in [0.5, 0.6) is 11.5 Å². The van der Waals surface area contributed by atoms with E-state index in [9.17, 15) is 4.79 Å². The Bertz CT molecular complexity index is 1310. The topological polar surface area (TPSA) is 81.5 Å². The van der Waals surface area contributed by atoms with E-state index in [0.29, 0.717) is 23.4 Å². The molecule has 7 heteroatoms. The smallest absolute Gasteiger partial charge is 0.298 e. The molecule has 2 aromatic carbocycles. The summed E-state index contributed by atoms with van der Waals surface area (Å²) in [6.07, 6.45) is 10.5. The quantitative estimate of drug-likeness (QED) is 0.243. The van der Waals surface area contributed by atoms with Crippen molar-refractivity contribution in [2.45, 2.75) is 45.4 Å². The maximum Gasteiger partial charge on any atom is 0.298 e.